The highest BCUT2D eigenvalue weighted by Gasteiger charge is 2.17. The number of amides is 1. The molecule has 1 aromatic rings. The number of aliphatic hydroxyl groups excluding tert-OH is 1. The van der Waals surface area contributed by atoms with E-state index in [9.17, 15) is 18.4 Å². The van der Waals surface area contributed by atoms with E-state index in [1.54, 1.807) is 0 Å². The lowest BCUT2D eigenvalue weighted by Crippen LogP contribution is -2.35. The first kappa shape index (κ1) is 12.3. The number of hydrogen-bond acceptors (Lipinski definition) is 4. The number of alkyl halides is 2. The predicted octanol–water partition coefficient (Wildman–Crippen LogP) is -0.00440. The van der Waals surface area contributed by atoms with Gasteiger partial charge in [-0.05, 0) is 6.07 Å². The van der Waals surface area contributed by atoms with E-state index in [2.05, 4.69) is 9.73 Å². The smallest absolute Gasteiger partial charge is 0.335 e. The number of carbonyl (C=O) groups is 1. The quantitative estimate of drug-likeness (QED) is 0.766. The molecule has 0 aliphatic rings. The van der Waals surface area contributed by atoms with Gasteiger partial charge in [-0.1, -0.05) is 0 Å². The van der Waals surface area contributed by atoms with Crippen LogP contribution in [0, 0.1) is 0 Å². The molecular formula is C9H9F2NO4. The summed E-state index contributed by atoms with van der Waals surface area (Å²) in [6.45, 7) is -0.574. The van der Waals surface area contributed by atoms with Crippen molar-refractivity contribution < 1.29 is 23.1 Å². The summed E-state index contributed by atoms with van der Waals surface area (Å²) in [6.07, 6.45) is -3.93. The molecular weight excluding hydrogens is 224 g/mol. The summed E-state index contributed by atoms with van der Waals surface area (Å²) in [5, 5.41) is 10.8. The third-order valence-corrected chi connectivity index (χ3v) is 1.73. The zero-order chi connectivity index (χ0) is 12.1. The average molecular weight is 233 g/mol. The van der Waals surface area contributed by atoms with E-state index in [4.69, 9.17) is 5.11 Å². The molecule has 0 aliphatic heterocycles. The number of nitrogens with one attached hydrogen (secondary N) is 1. The van der Waals surface area contributed by atoms with Gasteiger partial charge in [-0.3, -0.25) is 4.79 Å². The number of halogens is 2. The van der Waals surface area contributed by atoms with Gasteiger partial charge in [-0.2, -0.15) is 0 Å². The van der Waals surface area contributed by atoms with E-state index >= 15 is 0 Å². The van der Waals surface area contributed by atoms with Crippen LogP contribution in [0.1, 0.15) is 10.4 Å². The molecule has 0 fully saturated rings. The van der Waals surface area contributed by atoms with Crippen molar-refractivity contribution in [3.63, 3.8) is 0 Å². The summed E-state index contributed by atoms with van der Waals surface area (Å²) in [6, 6.07) is 2.22. The normalized spacial score (nSPS) is 12.5. The molecule has 1 heterocycles. The van der Waals surface area contributed by atoms with Crippen LogP contribution in [0.15, 0.2) is 27.6 Å². The van der Waals surface area contributed by atoms with Gasteiger partial charge in [0.25, 0.3) is 12.3 Å². The van der Waals surface area contributed by atoms with E-state index in [0.29, 0.717) is 0 Å². The molecule has 0 saturated carbocycles. The SMILES string of the molecule is O=C(NCC(O)C(F)F)c1ccc(=O)oc1. The van der Waals surface area contributed by atoms with Gasteiger partial charge in [0.15, 0.2) is 0 Å². The molecule has 1 aromatic heterocycles. The Balaban J connectivity index is 2.53. The molecule has 0 spiro atoms. The van der Waals surface area contributed by atoms with Gasteiger partial charge < -0.3 is 14.8 Å². The molecule has 0 bridgehead atoms. The number of carbonyl (C=O) groups excluding carboxylic acids is 1. The third kappa shape index (κ3) is 3.43. The predicted molar refractivity (Wildman–Crippen MR) is 49.3 cm³/mol. The molecule has 5 nitrogen and oxygen atoms in total. The molecule has 1 amide bonds. The van der Waals surface area contributed by atoms with Crippen molar-refractivity contribution in [2.75, 3.05) is 6.54 Å². The molecule has 1 rings (SSSR count). The molecule has 0 aliphatic carbocycles. The molecule has 0 aromatic carbocycles. The minimum atomic E-state index is -2.92. The summed E-state index contributed by atoms with van der Waals surface area (Å²) in [7, 11) is 0. The Morgan fingerprint density at radius 2 is 2.19 bits per heavy atom. The zero-order valence-corrected chi connectivity index (χ0v) is 8.02. The third-order valence-electron chi connectivity index (χ3n) is 1.73. The zero-order valence-electron chi connectivity index (χ0n) is 8.02. The van der Waals surface area contributed by atoms with Crippen LogP contribution in [0.2, 0.25) is 0 Å². The molecule has 0 radical (unpaired) electrons. The molecule has 7 heteroatoms. The van der Waals surface area contributed by atoms with Crippen molar-refractivity contribution in [2.45, 2.75) is 12.5 Å². The standard InChI is InChI=1S/C9H9F2NO4/c10-8(11)6(13)3-12-9(15)5-1-2-7(14)16-4-5/h1-2,4,6,8,13H,3H2,(H,12,15). The van der Waals surface area contributed by atoms with Crippen molar-refractivity contribution in [1.82, 2.24) is 5.32 Å². The van der Waals surface area contributed by atoms with E-state index in [0.717, 1.165) is 12.3 Å². The van der Waals surface area contributed by atoms with Crippen LogP contribution in [0.3, 0.4) is 0 Å². The first-order chi connectivity index (χ1) is 7.50. The Labute approximate surface area is 88.7 Å². The minimum absolute atomic E-state index is 0.0149. The fourth-order valence-corrected chi connectivity index (χ4v) is 0.876. The van der Waals surface area contributed by atoms with E-state index < -0.39 is 30.6 Å². The second kappa shape index (κ2) is 5.36. The van der Waals surface area contributed by atoms with Crippen LogP contribution < -0.4 is 10.9 Å². The lowest BCUT2D eigenvalue weighted by Gasteiger charge is -2.10. The molecule has 88 valence electrons. The largest absolute Gasteiger partial charge is 0.430 e. The van der Waals surface area contributed by atoms with Gasteiger partial charge in [0.1, 0.15) is 12.4 Å². The second-order valence-corrected chi connectivity index (χ2v) is 2.96. The lowest BCUT2D eigenvalue weighted by atomic mass is 10.2. The van der Waals surface area contributed by atoms with Gasteiger partial charge in [0.05, 0.1) is 5.56 Å². The lowest BCUT2D eigenvalue weighted by molar-refractivity contribution is -0.00271. The van der Waals surface area contributed by atoms with Crippen molar-refractivity contribution in [3.05, 3.63) is 34.4 Å². The Morgan fingerprint density at radius 1 is 1.50 bits per heavy atom. The van der Waals surface area contributed by atoms with E-state index in [-0.39, 0.29) is 5.56 Å². The monoisotopic (exact) mass is 233 g/mol. The summed E-state index contributed by atoms with van der Waals surface area (Å²) in [4.78, 5) is 21.8. The molecule has 16 heavy (non-hydrogen) atoms. The molecule has 1 unspecified atom stereocenters. The fraction of sp³-hybridized carbons (Fsp3) is 0.333. The van der Waals surface area contributed by atoms with Crippen molar-refractivity contribution in [3.8, 4) is 0 Å². The van der Waals surface area contributed by atoms with Gasteiger partial charge in [-0.15, -0.1) is 0 Å². The van der Waals surface area contributed by atoms with Crippen LogP contribution in [0.25, 0.3) is 0 Å². The Kier molecular flexibility index (Phi) is 4.12. The van der Waals surface area contributed by atoms with E-state index in [1.807, 2.05) is 0 Å². The Bertz CT molecular complexity index is 398. The minimum Gasteiger partial charge on any atom is -0.430 e. The van der Waals surface area contributed by atoms with Gasteiger partial charge in [0, 0.05) is 12.6 Å². The van der Waals surface area contributed by atoms with Crippen molar-refractivity contribution in [2.24, 2.45) is 0 Å². The number of rotatable bonds is 4. The van der Waals surface area contributed by atoms with Crippen LogP contribution in [0.5, 0.6) is 0 Å². The van der Waals surface area contributed by atoms with Crippen molar-refractivity contribution >= 4 is 5.91 Å². The maximum atomic E-state index is 11.9. The highest BCUT2D eigenvalue weighted by atomic mass is 19.3. The van der Waals surface area contributed by atoms with Crippen LogP contribution in [-0.4, -0.2) is 30.1 Å². The highest BCUT2D eigenvalue weighted by molar-refractivity contribution is 5.93. The summed E-state index contributed by atoms with van der Waals surface area (Å²) in [5.74, 6) is -0.705. The average Bonchev–Trinajstić information content (AvgIpc) is 2.26. The highest BCUT2D eigenvalue weighted by Crippen LogP contribution is 2.00. The number of hydrogen-bond donors (Lipinski definition) is 2. The molecule has 1 atom stereocenters. The topological polar surface area (TPSA) is 79.5 Å². The molecule has 0 saturated heterocycles. The maximum absolute atomic E-state index is 11.9. The summed E-state index contributed by atoms with van der Waals surface area (Å²) >= 11 is 0. The van der Waals surface area contributed by atoms with E-state index in [1.165, 1.54) is 6.07 Å². The van der Waals surface area contributed by atoms with Crippen LogP contribution in [-0.2, 0) is 0 Å². The number of aliphatic hydroxyl groups is 1. The van der Waals surface area contributed by atoms with Crippen LogP contribution in [0.4, 0.5) is 8.78 Å². The van der Waals surface area contributed by atoms with Crippen LogP contribution >= 0.6 is 0 Å². The summed E-state index contributed by atoms with van der Waals surface area (Å²) in [5.41, 5.74) is -0.606. The Morgan fingerprint density at radius 3 is 2.69 bits per heavy atom. The summed E-state index contributed by atoms with van der Waals surface area (Å²) < 4.78 is 28.2. The first-order valence-electron chi connectivity index (χ1n) is 4.34. The van der Waals surface area contributed by atoms with Gasteiger partial charge in [-0.25, -0.2) is 13.6 Å². The second-order valence-electron chi connectivity index (χ2n) is 2.96. The maximum Gasteiger partial charge on any atom is 0.335 e. The fourth-order valence-electron chi connectivity index (χ4n) is 0.876. The molecule has 2 N–H and O–H groups in total. The van der Waals surface area contributed by atoms with Gasteiger partial charge in [0.2, 0.25) is 0 Å². The van der Waals surface area contributed by atoms with Crippen molar-refractivity contribution in [1.29, 1.82) is 0 Å². The first-order valence-corrected chi connectivity index (χ1v) is 4.34. The van der Waals surface area contributed by atoms with Gasteiger partial charge >= 0.3 is 5.63 Å². The Hall–Kier alpha value is -1.76.